The van der Waals surface area contributed by atoms with Crippen LogP contribution in [-0.2, 0) is 6.54 Å². The molecule has 4 N–H and O–H groups in total. The van der Waals surface area contributed by atoms with E-state index in [2.05, 4.69) is 15.5 Å². The van der Waals surface area contributed by atoms with Crippen LogP contribution in [0, 0.1) is 0 Å². The van der Waals surface area contributed by atoms with Crippen molar-refractivity contribution in [1.82, 2.24) is 10.3 Å². The highest BCUT2D eigenvalue weighted by molar-refractivity contribution is 5.95. The number of oxime groups is 1. The zero-order valence-electron chi connectivity index (χ0n) is 9.91. The Morgan fingerprint density at radius 2 is 2.21 bits per heavy atom. The van der Waals surface area contributed by atoms with E-state index in [1.807, 2.05) is 0 Å². The maximum atomic E-state index is 12.7. The molecule has 8 heteroatoms. The average Bonchev–Trinajstić information content (AvgIpc) is 3.16. The van der Waals surface area contributed by atoms with Crippen LogP contribution < -0.4 is 11.1 Å². The molecule has 1 aromatic rings. The fourth-order valence-corrected chi connectivity index (χ4v) is 1.73. The van der Waals surface area contributed by atoms with Gasteiger partial charge in [0.15, 0.2) is 5.84 Å². The number of nitrogens with one attached hydrogen (secondary N) is 1. The van der Waals surface area contributed by atoms with Crippen molar-refractivity contribution in [3.05, 3.63) is 29.6 Å². The molecule has 1 aromatic heterocycles. The summed E-state index contributed by atoms with van der Waals surface area (Å²) in [5, 5.41) is 13.8. The molecule has 0 bridgehead atoms. The summed E-state index contributed by atoms with van der Waals surface area (Å²) in [6.07, 6.45) is -2.66. The Morgan fingerprint density at radius 1 is 1.53 bits per heavy atom. The van der Waals surface area contributed by atoms with Gasteiger partial charge in [-0.1, -0.05) is 5.16 Å². The summed E-state index contributed by atoms with van der Waals surface area (Å²) in [6, 6.07) is 3.06. The van der Waals surface area contributed by atoms with Crippen molar-refractivity contribution >= 4 is 5.84 Å². The fourth-order valence-electron chi connectivity index (χ4n) is 1.73. The van der Waals surface area contributed by atoms with Gasteiger partial charge in [-0.2, -0.15) is 13.2 Å². The molecule has 0 aromatic carbocycles. The van der Waals surface area contributed by atoms with Gasteiger partial charge >= 0.3 is 6.18 Å². The predicted molar refractivity (Wildman–Crippen MR) is 61.6 cm³/mol. The summed E-state index contributed by atoms with van der Waals surface area (Å²) in [6.45, 7) is 0.0493. The van der Waals surface area contributed by atoms with Gasteiger partial charge in [0.05, 0.1) is 0 Å². The first-order valence-electron chi connectivity index (χ1n) is 5.62. The lowest BCUT2D eigenvalue weighted by atomic mass is 10.2. The third-order valence-electron chi connectivity index (χ3n) is 3.12. The summed E-state index contributed by atoms with van der Waals surface area (Å²) in [7, 11) is 0. The molecule has 0 atom stereocenters. The third kappa shape index (κ3) is 2.78. The minimum absolute atomic E-state index is 0.0493. The van der Waals surface area contributed by atoms with E-state index in [1.54, 1.807) is 6.07 Å². The summed E-state index contributed by atoms with van der Waals surface area (Å²) < 4.78 is 38.1. The highest BCUT2D eigenvalue weighted by Gasteiger charge is 2.62. The lowest BCUT2D eigenvalue weighted by Gasteiger charge is -2.20. The standard InChI is InChI=1S/C11H13F3N4O/c12-11(13,14)10(2-3-10)17-6-7-1-4-16-8(5-7)9(15)18-19/h1,4-5,17,19H,2-3,6H2,(H2,15,18). The Bertz CT molecular complexity index is 497. The molecule has 0 aliphatic heterocycles. The first kappa shape index (κ1) is 13.6. The largest absolute Gasteiger partial charge is 0.409 e. The molecule has 0 saturated heterocycles. The Labute approximate surface area is 107 Å². The van der Waals surface area contributed by atoms with E-state index in [0.29, 0.717) is 5.56 Å². The highest BCUT2D eigenvalue weighted by Crippen LogP contribution is 2.49. The summed E-state index contributed by atoms with van der Waals surface area (Å²) in [5.41, 5.74) is 4.42. The van der Waals surface area contributed by atoms with Crippen LogP contribution in [0.4, 0.5) is 13.2 Å². The molecule has 2 rings (SSSR count). The second kappa shape index (κ2) is 4.69. The van der Waals surface area contributed by atoms with Gasteiger partial charge in [-0.05, 0) is 30.5 Å². The Hall–Kier alpha value is -1.83. The Morgan fingerprint density at radius 3 is 2.74 bits per heavy atom. The van der Waals surface area contributed by atoms with Gasteiger partial charge < -0.3 is 10.9 Å². The number of alkyl halides is 3. The molecule has 1 aliphatic rings. The number of amidine groups is 1. The fraction of sp³-hybridized carbons (Fsp3) is 0.455. The predicted octanol–water partition coefficient (Wildman–Crippen LogP) is 1.36. The van der Waals surface area contributed by atoms with Crippen LogP contribution in [0.2, 0.25) is 0 Å². The molecule has 5 nitrogen and oxygen atoms in total. The number of hydrogen-bond donors (Lipinski definition) is 3. The summed E-state index contributed by atoms with van der Waals surface area (Å²) in [4.78, 5) is 3.85. The van der Waals surface area contributed by atoms with E-state index >= 15 is 0 Å². The zero-order valence-corrected chi connectivity index (χ0v) is 9.91. The lowest BCUT2D eigenvalue weighted by Crippen LogP contribution is -2.44. The minimum atomic E-state index is -4.24. The topological polar surface area (TPSA) is 83.5 Å². The van der Waals surface area contributed by atoms with Gasteiger partial charge in [0, 0.05) is 12.7 Å². The molecule has 1 aliphatic carbocycles. The third-order valence-corrected chi connectivity index (χ3v) is 3.12. The van der Waals surface area contributed by atoms with Gasteiger partial charge in [0.25, 0.3) is 0 Å². The number of rotatable bonds is 4. The van der Waals surface area contributed by atoms with Crippen LogP contribution in [0.1, 0.15) is 24.1 Å². The number of aromatic nitrogens is 1. The second-order valence-corrected chi connectivity index (χ2v) is 4.47. The highest BCUT2D eigenvalue weighted by atomic mass is 19.4. The van der Waals surface area contributed by atoms with E-state index in [-0.39, 0.29) is 30.9 Å². The van der Waals surface area contributed by atoms with Crippen molar-refractivity contribution in [2.75, 3.05) is 0 Å². The molecule has 1 saturated carbocycles. The molecule has 0 radical (unpaired) electrons. The SMILES string of the molecule is N/C(=N/O)c1cc(CNC2(C(F)(F)F)CC2)ccn1. The molecular weight excluding hydrogens is 261 g/mol. The van der Waals surface area contributed by atoms with Crippen LogP contribution in [0.25, 0.3) is 0 Å². The van der Waals surface area contributed by atoms with Gasteiger partial charge in [0.1, 0.15) is 11.2 Å². The van der Waals surface area contributed by atoms with Gasteiger partial charge in [-0.3, -0.25) is 10.3 Å². The van der Waals surface area contributed by atoms with E-state index in [4.69, 9.17) is 10.9 Å². The van der Waals surface area contributed by atoms with Gasteiger partial charge in [-0.25, -0.2) is 0 Å². The Kier molecular flexibility index (Phi) is 3.36. The van der Waals surface area contributed by atoms with Crippen molar-refractivity contribution < 1.29 is 18.4 Å². The van der Waals surface area contributed by atoms with E-state index < -0.39 is 11.7 Å². The smallest absolute Gasteiger partial charge is 0.406 e. The number of nitrogens with two attached hydrogens (primary N) is 1. The van der Waals surface area contributed by atoms with Crippen molar-refractivity contribution in [2.24, 2.45) is 10.9 Å². The van der Waals surface area contributed by atoms with Crippen molar-refractivity contribution in [3.63, 3.8) is 0 Å². The molecule has 0 spiro atoms. The van der Waals surface area contributed by atoms with E-state index in [1.165, 1.54) is 12.3 Å². The Balaban J connectivity index is 2.05. The number of halogens is 3. The van der Waals surface area contributed by atoms with Crippen molar-refractivity contribution in [2.45, 2.75) is 31.1 Å². The minimum Gasteiger partial charge on any atom is -0.409 e. The van der Waals surface area contributed by atoms with Gasteiger partial charge in [0.2, 0.25) is 0 Å². The molecule has 0 amide bonds. The van der Waals surface area contributed by atoms with Crippen LogP contribution in [0.15, 0.2) is 23.5 Å². The first-order chi connectivity index (χ1) is 8.88. The molecular formula is C11H13F3N4O. The quantitative estimate of drug-likeness (QED) is 0.335. The van der Waals surface area contributed by atoms with Crippen molar-refractivity contribution in [3.8, 4) is 0 Å². The second-order valence-electron chi connectivity index (χ2n) is 4.47. The van der Waals surface area contributed by atoms with Crippen LogP contribution in [0.5, 0.6) is 0 Å². The van der Waals surface area contributed by atoms with Crippen LogP contribution in [0.3, 0.4) is 0 Å². The molecule has 0 unspecified atom stereocenters. The lowest BCUT2D eigenvalue weighted by molar-refractivity contribution is -0.166. The monoisotopic (exact) mass is 274 g/mol. The number of hydrogen-bond acceptors (Lipinski definition) is 4. The van der Waals surface area contributed by atoms with Gasteiger partial charge in [-0.15, -0.1) is 0 Å². The van der Waals surface area contributed by atoms with Crippen molar-refractivity contribution in [1.29, 1.82) is 0 Å². The molecule has 1 fully saturated rings. The maximum absolute atomic E-state index is 12.7. The normalized spacial score (nSPS) is 18.4. The zero-order chi connectivity index (χ0) is 14.1. The van der Waals surface area contributed by atoms with E-state index in [0.717, 1.165) is 0 Å². The summed E-state index contributed by atoms with van der Waals surface area (Å²) >= 11 is 0. The molecule has 19 heavy (non-hydrogen) atoms. The average molecular weight is 274 g/mol. The van der Waals surface area contributed by atoms with E-state index in [9.17, 15) is 13.2 Å². The number of pyridine rings is 1. The summed E-state index contributed by atoms with van der Waals surface area (Å²) in [5.74, 6) is -0.182. The molecule has 1 heterocycles. The maximum Gasteiger partial charge on any atom is 0.406 e. The molecule has 104 valence electrons. The first-order valence-corrected chi connectivity index (χ1v) is 5.62. The van der Waals surface area contributed by atoms with Crippen LogP contribution >= 0.6 is 0 Å². The van der Waals surface area contributed by atoms with Crippen LogP contribution in [-0.4, -0.2) is 27.7 Å². The number of nitrogens with zero attached hydrogens (tertiary/aromatic N) is 2.